The number of aromatic hydroxyl groups is 9. The third-order valence-corrected chi connectivity index (χ3v) is 6.96. The van der Waals surface area contributed by atoms with Crippen LogP contribution in [0.5, 0.6) is 51.7 Å². The Morgan fingerprint density at radius 3 is 1.43 bits per heavy atom. The first kappa shape index (κ1) is 33.4. The molecule has 1 fully saturated rings. The summed E-state index contributed by atoms with van der Waals surface area (Å²) in [5.41, 5.74) is -1.73. The molecule has 4 rings (SSSR count). The molecule has 0 amide bonds. The molecule has 246 valence electrons. The molecule has 1 saturated heterocycles. The van der Waals surface area contributed by atoms with Crippen LogP contribution in [0.25, 0.3) is 0 Å². The molecule has 0 unspecified atom stereocenters. The van der Waals surface area contributed by atoms with Gasteiger partial charge in [0.1, 0.15) is 18.8 Å². The average Bonchev–Trinajstić information content (AvgIpc) is 2.99. The first-order valence-corrected chi connectivity index (χ1v) is 13.0. The molecule has 0 spiro atoms. The van der Waals surface area contributed by atoms with E-state index in [0.29, 0.717) is 24.3 Å². The Labute approximate surface area is 261 Å². The van der Waals surface area contributed by atoms with Crippen molar-refractivity contribution in [1.82, 2.24) is 0 Å². The maximum absolute atomic E-state index is 12.9. The first-order chi connectivity index (χ1) is 21.4. The van der Waals surface area contributed by atoms with Crippen LogP contribution in [0.2, 0.25) is 0 Å². The maximum Gasteiger partial charge on any atom is 0.341 e. The van der Waals surface area contributed by atoms with Gasteiger partial charge in [0.05, 0.1) is 16.7 Å². The molecule has 0 saturated carbocycles. The lowest BCUT2D eigenvalue weighted by atomic mass is 9.98. The van der Waals surface area contributed by atoms with Crippen LogP contribution in [0.3, 0.4) is 0 Å². The van der Waals surface area contributed by atoms with E-state index in [-0.39, 0.29) is 0 Å². The largest absolute Gasteiger partial charge is 0.504 e. The minimum absolute atomic E-state index is 0.497. The number of benzene rings is 3. The minimum atomic E-state index is -2.88. The molecular formula is C27H24O18S. The highest BCUT2D eigenvalue weighted by Gasteiger charge is 2.57. The number of thiol groups is 1. The van der Waals surface area contributed by atoms with Crippen LogP contribution < -0.4 is 0 Å². The fraction of sp³-hybridized carbons (Fsp3) is 0.222. The van der Waals surface area contributed by atoms with Gasteiger partial charge in [-0.15, -0.1) is 0 Å². The quantitative estimate of drug-likeness (QED) is 0.0517. The van der Waals surface area contributed by atoms with Crippen molar-refractivity contribution in [3.63, 3.8) is 0 Å². The van der Waals surface area contributed by atoms with E-state index >= 15 is 0 Å². The van der Waals surface area contributed by atoms with E-state index in [1.54, 1.807) is 0 Å². The van der Waals surface area contributed by atoms with Gasteiger partial charge < -0.3 is 75.1 Å². The Kier molecular flexibility index (Phi) is 9.06. The molecule has 19 heteroatoms. The molecule has 5 atom stereocenters. The SMILES string of the molecule is O=C(OC[C@H]1O[C@](S)(OC(=O)c2cc(O)c(O)c(O)c2)[C@H](O)[C@@H](OC(=O)c2cc(O)c(O)c(O)c2)[C@@H]1O)c1cc(O)c(O)c(O)c1. The fourth-order valence-electron chi connectivity index (χ4n) is 4.10. The number of rotatable bonds is 7. The number of carbonyl (C=O) groups is 3. The van der Waals surface area contributed by atoms with Crippen molar-refractivity contribution in [2.45, 2.75) is 29.5 Å². The van der Waals surface area contributed by atoms with Crippen molar-refractivity contribution in [3.05, 3.63) is 53.1 Å². The van der Waals surface area contributed by atoms with E-state index in [4.69, 9.17) is 18.9 Å². The highest BCUT2D eigenvalue weighted by atomic mass is 32.1. The second-order valence-corrected chi connectivity index (χ2v) is 10.3. The summed E-state index contributed by atoms with van der Waals surface area (Å²) in [6.45, 7) is -0.982. The van der Waals surface area contributed by atoms with Gasteiger partial charge in [-0.05, 0) is 36.4 Å². The lowest BCUT2D eigenvalue weighted by Gasteiger charge is -2.46. The summed E-state index contributed by atoms with van der Waals surface area (Å²) in [6.07, 6.45) is -8.52. The Balaban J connectivity index is 1.64. The van der Waals surface area contributed by atoms with Crippen molar-refractivity contribution in [2.24, 2.45) is 0 Å². The van der Waals surface area contributed by atoms with Gasteiger partial charge in [-0.2, -0.15) is 0 Å². The topological polar surface area (TPSA) is 311 Å². The summed E-state index contributed by atoms with van der Waals surface area (Å²) in [5.74, 6) is -12.7. The van der Waals surface area contributed by atoms with Crippen LogP contribution in [0.15, 0.2) is 36.4 Å². The van der Waals surface area contributed by atoms with Crippen LogP contribution in [-0.2, 0) is 18.9 Å². The van der Waals surface area contributed by atoms with Crippen molar-refractivity contribution >= 4 is 30.5 Å². The summed E-state index contributed by atoms with van der Waals surface area (Å²) >= 11 is 4.03. The summed E-state index contributed by atoms with van der Waals surface area (Å²) in [7, 11) is 0. The molecule has 11 N–H and O–H groups in total. The molecule has 1 heterocycles. The number of esters is 3. The predicted octanol–water partition coefficient (Wildman–Crippen LogP) is -0.0194. The van der Waals surface area contributed by atoms with E-state index in [1.165, 1.54) is 0 Å². The number of hydrogen-bond donors (Lipinski definition) is 12. The number of phenolic OH excluding ortho intramolecular Hbond substituents is 9. The van der Waals surface area contributed by atoms with Gasteiger partial charge in [-0.1, -0.05) is 12.6 Å². The smallest absolute Gasteiger partial charge is 0.341 e. The van der Waals surface area contributed by atoms with Crippen LogP contribution in [0, 0.1) is 0 Å². The molecule has 46 heavy (non-hydrogen) atoms. The Morgan fingerprint density at radius 1 is 0.652 bits per heavy atom. The Morgan fingerprint density at radius 2 is 1.02 bits per heavy atom. The molecule has 3 aromatic carbocycles. The number of phenols is 9. The predicted molar refractivity (Wildman–Crippen MR) is 148 cm³/mol. The lowest BCUT2D eigenvalue weighted by Crippen LogP contribution is -2.65. The molecule has 0 aliphatic carbocycles. The van der Waals surface area contributed by atoms with Crippen LogP contribution in [-0.4, -0.2) is 110 Å². The number of carbonyl (C=O) groups excluding carboxylic acids is 3. The molecule has 1 aliphatic rings. The third-order valence-electron chi connectivity index (χ3n) is 6.50. The zero-order valence-electron chi connectivity index (χ0n) is 22.7. The molecule has 1 aliphatic heterocycles. The first-order valence-electron chi connectivity index (χ1n) is 12.6. The number of ether oxygens (including phenoxy) is 4. The maximum atomic E-state index is 12.9. The van der Waals surface area contributed by atoms with Gasteiger partial charge in [-0.3, -0.25) is 0 Å². The Hall–Kier alpha value is -5.50. The van der Waals surface area contributed by atoms with E-state index in [9.17, 15) is 70.6 Å². The highest BCUT2D eigenvalue weighted by Crippen LogP contribution is 2.41. The van der Waals surface area contributed by atoms with E-state index in [2.05, 4.69) is 12.6 Å². The summed E-state index contributed by atoms with van der Waals surface area (Å²) in [4.78, 5) is 38.4. The van der Waals surface area contributed by atoms with Crippen molar-refractivity contribution < 1.29 is 89.5 Å². The van der Waals surface area contributed by atoms with Crippen LogP contribution in [0.4, 0.5) is 0 Å². The van der Waals surface area contributed by atoms with Crippen molar-refractivity contribution in [2.75, 3.05) is 6.61 Å². The number of aliphatic hydroxyl groups is 2. The third kappa shape index (κ3) is 6.47. The fourth-order valence-corrected chi connectivity index (χ4v) is 4.47. The molecule has 0 radical (unpaired) electrons. The standard InChI is InChI=1S/C27H24O18S/c28-11-1-8(2-12(29)18(11)34)24(39)42-7-17-21(37)22(43-25(40)9-3-13(30)19(35)14(31)4-9)23(38)27(46,44-17)45-26(41)10-5-15(32)20(36)16(33)6-10/h1-6,17,21-23,28-38,46H,7H2/t17-,21-,22+,23-,27+/m1/s1. The molecule has 0 aromatic heterocycles. The number of hydrogen-bond acceptors (Lipinski definition) is 19. The lowest BCUT2D eigenvalue weighted by molar-refractivity contribution is -0.301. The van der Waals surface area contributed by atoms with Gasteiger partial charge in [0, 0.05) is 0 Å². The summed E-state index contributed by atoms with van der Waals surface area (Å²) in [6, 6.07) is 4.08. The van der Waals surface area contributed by atoms with Crippen LogP contribution in [0.1, 0.15) is 31.1 Å². The minimum Gasteiger partial charge on any atom is -0.504 e. The van der Waals surface area contributed by atoms with Crippen LogP contribution >= 0.6 is 12.6 Å². The summed E-state index contributed by atoms with van der Waals surface area (Å²) in [5, 5.41) is 106. The molecular weight excluding hydrogens is 644 g/mol. The second-order valence-electron chi connectivity index (χ2n) is 9.67. The van der Waals surface area contributed by atoms with Crippen molar-refractivity contribution in [1.29, 1.82) is 0 Å². The van der Waals surface area contributed by atoms with Gasteiger partial charge in [0.15, 0.2) is 64.0 Å². The normalized spacial score (nSPS) is 22.5. The van der Waals surface area contributed by atoms with Gasteiger partial charge in [-0.25, -0.2) is 14.4 Å². The summed E-state index contributed by atoms with van der Waals surface area (Å²) < 4.78 is 20.7. The second kappa shape index (κ2) is 12.5. The van der Waals surface area contributed by atoms with Gasteiger partial charge in [0.25, 0.3) is 5.12 Å². The van der Waals surface area contributed by atoms with E-state index in [1.807, 2.05) is 0 Å². The highest BCUT2D eigenvalue weighted by molar-refractivity contribution is 7.81. The molecule has 0 bridgehead atoms. The zero-order chi connectivity index (χ0) is 34.2. The zero-order valence-corrected chi connectivity index (χ0v) is 23.6. The van der Waals surface area contributed by atoms with Gasteiger partial charge in [0.2, 0.25) is 0 Å². The van der Waals surface area contributed by atoms with Crippen molar-refractivity contribution in [3.8, 4) is 51.7 Å². The van der Waals surface area contributed by atoms with E-state index in [0.717, 1.165) is 12.1 Å². The molecule has 3 aromatic rings. The Bertz CT molecular complexity index is 1640. The molecule has 18 nitrogen and oxygen atoms in total. The monoisotopic (exact) mass is 668 g/mol. The number of aliphatic hydroxyl groups excluding tert-OH is 2. The van der Waals surface area contributed by atoms with Gasteiger partial charge >= 0.3 is 17.9 Å². The van der Waals surface area contributed by atoms with E-state index < -0.39 is 122 Å². The average molecular weight is 669 g/mol.